The van der Waals surface area contributed by atoms with Crippen molar-refractivity contribution in [3.8, 4) is 0 Å². The molecular formula is C17H16F3N5O. The van der Waals surface area contributed by atoms with E-state index in [0.717, 1.165) is 5.56 Å². The topological polar surface area (TPSA) is 71.8 Å². The van der Waals surface area contributed by atoms with Gasteiger partial charge in [-0.15, -0.1) is 0 Å². The van der Waals surface area contributed by atoms with E-state index < -0.39 is 18.3 Å². The maximum Gasteiger partial charge on any atom is 0.405 e. The van der Waals surface area contributed by atoms with E-state index in [2.05, 4.69) is 20.6 Å². The summed E-state index contributed by atoms with van der Waals surface area (Å²) in [5.74, 6) is 0.659. The monoisotopic (exact) mass is 363 g/mol. The molecule has 2 N–H and O–H groups in total. The van der Waals surface area contributed by atoms with Gasteiger partial charge in [-0.25, -0.2) is 9.97 Å². The molecule has 0 aliphatic rings. The molecule has 0 spiro atoms. The Morgan fingerprint density at radius 2 is 1.96 bits per heavy atom. The molecule has 26 heavy (non-hydrogen) atoms. The second-order valence-electron chi connectivity index (χ2n) is 5.86. The Bertz CT molecular complexity index is 1010. The third-order valence-electron chi connectivity index (χ3n) is 3.69. The fraction of sp³-hybridized carbons (Fsp3) is 0.235. The minimum Gasteiger partial charge on any atom is -0.360 e. The van der Waals surface area contributed by atoms with Crippen LogP contribution in [0, 0.1) is 6.92 Å². The molecule has 136 valence electrons. The Morgan fingerprint density at radius 3 is 2.65 bits per heavy atom. The molecule has 0 aliphatic carbocycles. The van der Waals surface area contributed by atoms with Gasteiger partial charge in [0.25, 0.3) is 5.56 Å². The molecule has 0 aromatic carbocycles. The normalized spacial score (nSPS) is 11.6. The predicted molar refractivity (Wildman–Crippen MR) is 93.8 cm³/mol. The van der Waals surface area contributed by atoms with Gasteiger partial charge >= 0.3 is 6.18 Å². The summed E-state index contributed by atoms with van der Waals surface area (Å²) in [5.41, 5.74) is 0.535. The lowest BCUT2D eigenvalue weighted by molar-refractivity contribution is -0.115. The molecule has 9 heteroatoms. The zero-order valence-corrected chi connectivity index (χ0v) is 14.1. The molecule has 0 atom stereocenters. The van der Waals surface area contributed by atoms with Crippen LogP contribution in [0.15, 0.2) is 41.5 Å². The number of aryl methyl sites for hydroxylation is 2. The number of aromatic nitrogens is 3. The van der Waals surface area contributed by atoms with Gasteiger partial charge < -0.3 is 15.2 Å². The lowest BCUT2D eigenvalue weighted by atomic mass is 10.2. The Hall–Kier alpha value is -3.10. The van der Waals surface area contributed by atoms with Crippen LogP contribution < -0.4 is 16.2 Å². The van der Waals surface area contributed by atoms with Crippen molar-refractivity contribution in [2.24, 2.45) is 7.05 Å². The van der Waals surface area contributed by atoms with Crippen molar-refractivity contribution in [2.45, 2.75) is 13.1 Å². The number of pyridine rings is 3. The second-order valence-corrected chi connectivity index (χ2v) is 5.86. The van der Waals surface area contributed by atoms with Crippen molar-refractivity contribution >= 4 is 28.2 Å². The minimum absolute atomic E-state index is 0.0991. The quantitative estimate of drug-likeness (QED) is 0.744. The summed E-state index contributed by atoms with van der Waals surface area (Å²) in [5, 5.41) is 5.75. The van der Waals surface area contributed by atoms with E-state index in [1.807, 2.05) is 13.0 Å². The number of nitrogens with zero attached hydrogens (tertiary/aromatic N) is 3. The summed E-state index contributed by atoms with van der Waals surface area (Å²) in [6, 6.07) is 6.84. The molecule has 6 nitrogen and oxygen atoms in total. The average molecular weight is 363 g/mol. The lowest BCUT2D eigenvalue weighted by Gasteiger charge is -2.14. The molecule has 3 rings (SSSR count). The molecule has 3 heterocycles. The minimum atomic E-state index is -4.43. The van der Waals surface area contributed by atoms with Crippen molar-refractivity contribution in [2.75, 3.05) is 17.2 Å². The molecule has 0 amide bonds. The molecule has 0 aliphatic heterocycles. The lowest BCUT2D eigenvalue weighted by Crippen LogP contribution is -2.24. The van der Waals surface area contributed by atoms with E-state index in [1.165, 1.54) is 11.6 Å². The van der Waals surface area contributed by atoms with Crippen LogP contribution in [-0.4, -0.2) is 27.3 Å². The number of halogens is 3. The smallest absolute Gasteiger partial charge is 0.360 e. The van der Waals surface area contributed by atoms with Crippen molar-refractivity contribution in [1.82, 2.24) is 14.5 Å². The van der Waals surface area contributed by atoms with Gasteiger partial charge in [0.05, 0.1) is 5.39 Å². The van der Waals surface area contributed by atoms with Gasteiger partial charge in [0.1, 0.15) is 24.0 Å². The standard InChI is InChI=1S/C17H16F3N5O/c1-10-3-5-21-12(7-10)23-13-8-11-4-6-25(2)16(26)14(11)15(24-13)22-9-17(18,19)20/h3-8H,9H2,1-2H3,(H2,21,22,23,24). The van der Waals surface area contributed by atoms with Crippen LogP contribution in [-0.2, 0) is 7.05 Å². The molecule has 3 aromatic rings. The van der Waals surface area contributed by atoms with Crippen LogP contribution in [0.1, 0.15) is 5.56 Å². The van der Waals surface area contributed by atoms with Gasteiger partial charge in [0, 0.05) is 19.4 Å². The van der Waals surface area contributed by atoms with Gasteiger partial charge in [0.15, 0.2) is 0 Å². The number of nitrogens with one attached hydrogen (secondary N) is 2. The first kappa shape index (κ1) is 17.7. The fourth-order valence-electron chi connectivity index (χ4n) is 2.47. The first-order chi connectivity index (χ1) is 12.2. The van der Waals surface area contributed by atoms with E-state index in [-0.39, 0.29) is 17.0 Å². The van der Waals surface area contributed by atoms with Crippen LogP contribution >= 0.6 is 0 Å². The number of fused-ring (bicyclic) bond motifs is 1. The third-order valence-corrected chi connectivity index (χ3v) is 3.69. The summed E-state index contributed by atoms with van der Waals surface area (Å²) in [7, 11) is 1.53. The molecule has 0 radical (unpaired) electrons. The number of hydrogen-bond donors (Lipinski definition) is 2. The first-order valence-electron chi connectivity index (χ1n) is 7.73. The van der Waals surface area contributed by atoms with Crippen LogP contribution in [0.25, 0.3) is 10.8 Å². The first-order valence-corrected chi connectivity index (χ1v) is 7.73. The van der Waals surface area contributed by atoms with E-state index in [4.69, 9.17) is 0 Å². The summed E-state index contributed by atoms with van der Waals surface area (Å²) < 4.78 is 39.1. The second kappa shape index (κ2) is 6.66. The highest BCUT2D eigenvalue weighted by Crippen LogP contribution is 2.25. The van der Waals surface area contributed by atoms with Crippen molar-refractivity contribution in [1.29, 1.82) is 0 Å². The van der Waals surface area contributed by atoms with E-state index in [9.17, 15) is 18.0 Å². The molecule has 0 saturated heterocycles. The van der Waals surface area contributed by atoms with Crippen LogP contribution in [0.2, 0.25) is 0 Å². The molecule has 3 aromatic heterocycles. The maximum atomic E-state index is 12.6. The van der Waals surface area contributed by atoms with E-state index in [1.54, 1.807) is 30.6 Å². The van der Waals surface area contributed by atoms with Crippen molar-refractivity contribution in [3.63, 3.8) is 0 Å². The van der Waals surface area contributed by atoms with Crippen LogP contribution in [0.4, 0.5) is 30.6 Å². The number of anilines is 3. The molecule has 0 unspecified atom stereocenters. The zero-order chi connectivity index (χ0) is 18.9. The Kier molecular flexibility index (Phi) is 4.54. The van der Waals surface area contributed by atoms with Gasteiger partial charge in [0.2, 0.25) is 0 Å². The largest absolute Gasteiger partial charge is 0.405 e. The van der Waals surface area contributed by atoms with Crippen molar-refractivity contribution < 1.29 is 13.2 Å². The average Bonchev–Trinajstić information content (AvgIpc) is 2.55. The molecule has 0 fully saturated rings. The fourth-order valence-corrected chi connectivity index (χ4v) is 2.47. The Balaban J connectivity index is 2.08. The number of rotatable bonds is 4. The highest BCUT2D eigenvalue weighted by molar-refractivity contribution is 5.93. The Morgan fingerprint density at radius 1 is 1.19 bits per heavy atom. The van der Waals surface area contributed by atoms with Gasteiger partial charge in [-0.3, -0.25) is 4.79 Å². The summed E-state index contributed by atoms with van der Waals surface area (Å²) in [4.78, 5) is 20.7. The summed E-state index contributed by atoms with van der Waals surface area (Å²) in [6.45, 7) is 0.597. The SMILES string of the molecule is Cc1ccnc(Nc2cc3ccn(C)c(=O)c3c(NCC(F)(F)F)n2)c1. The number of alkyl halides is 3. The van der Waals surface area contributed by atoms with Gasteiger partial charge in [-0.1, -0.05) is 0 Å². The molecular weight excluding hydrogens is 347 g/mol. The maximum absolute atomic E-state index is 12.6. The van der Waals surface area contributed by atoms with Gasteiger partial charge in [-0.05, 0) is 42.1 Å². The van der Waals surface area contributed by atoms with Crippen molar-refractivity contribution in [3.05, 3.63) is 52.6 Å². The summed E-state index contributed by atoms with van der Waals surface area (Å²) >= 11 is 0. The third kappa shape index (κ3) is 3.93. The van der Waals surface area contributed by atoms with Crippen LogP contribution in [0.3, 0.4) is 0 Å². The summed E-state index contributed by atoms with van der Waals surface area (Å²) in [6.07, 6.45) is -1.28. The van der Waals surface area contributed by atoms with Crippen LogP contribution in [0.5, 0.6) is 0 Å². The highest BCUT2D eigenvalue weighted by atomic mass is 19.4. The van der Waals surface area contributed by atoms with E-state index >= 15 is 0 Å². The predicted octanol–water partition coefficient (Wildman–Crippen LogP) is 3.35. The zero-order valence-electron chi connectivity index (χ0n) is 14.1. The van der Waals surface area contributed by atoms with Gasteiger partial charge in [-0.2, -0.15) is 13.2 Å². The Labute approximate surface area is 146 Å². The molecule has 0 saturated carbocycles. The highest BCUT2D eigenvalue weighted by Gasteiger charge is 2.27. The van der Waals surface area contributed by atoms with E-state index in [0.29, 0.717) is 11.2 Å². The number of hydrogen-bond acceptors (Lipinski definition) is 5. The molecule has 0 bridgehead atoms.